The Morgan fingerprint density at radius 3 is 2.94 bits per heavy atom. The van der Waals surface area contributed by atoms with E-state index >= 15 is 0 Å². The second-order valence-electron chi connectivity index (χ2n) is 4.27. The summed E-state index contributed by atoms with van der Waals surface area (Å²) in [6, 6.07) is 6.76. The summed E-state index contributed by atoms with van der Waals surface area (Å²) in [7, 11) is 0. The van der Waals surface area contributed by atoms with Gasteiger partial charge < -0.3 is 11.1 Å². The zero-order valence-electron chi connectivity index (χ0n) is 9.88. The van der Waals surface area contributed by atoms with Gasteiger partial charge in [-0.1, -0.05) is 19.1 Å². The molecule has 1 rings (SSSR count). The molecule has 3 N–H and O–H groups in total. The Balaban J connectivity index is 2.16. The summed E-state index contributed by atoms with van der Waals surface area (Å²) in [4.78, 5) is 0. The summed E-state index contributed by atoms with van der Waals surface area (Å²) in [5, 5.41) is 3.36. The van der Waals surface area contributed by atoms with Gasteiger partial charge in [0.1, 0.15) is 5.82 Å². The van der Waals surface area contributed by atoms with E-state index in [0.717, 1.165) is 38.0 Å². The van der Waals surface area contributed by atoms with Crippen molar-refractivity contribution in [1.82, 2.24) is 5.32 Å². The van der Waals surface area contributed by atoms with E-state index in [1.807, 2.05) is 6.07 Å². The molecule has 3 heteroatoms. The lowest BCUT2D eigenvalue weighted by Crippen LogP contribution is -2.24. The summed E-state index contributed by atoms with van der Waals surface area (Å²) < 4.78 is 12.9. The van der Waals surface area contributed by atoms with Gasteiger partial charge in [0.25, 0.3) is 0 Å². The first-order valence-electron chi connectivity index (χ1n) is 5.87. The van der Waals surface area contributed by atoms with Crippen LogP contribution in [0.2, 0.25) is 0 Å². The second-order valence-corrected chi connectivity index (χ2v) is 4.27. The van der Waals surface area contributed by atoms with Crippen molar-refractivity contribution in [2.24, 2.45) is 11.7 Å². The van der Waals surface area contributed by atoms with Crippen LogP contribution in [-0.2, 0) is 6.42 Å². The van der Waals surface area contributed by atoms with E-state index in [0.29, 0.717) is 5.92 Å². The van der Waals surface area contributed by atoms with E-state index in [1.165, 1.54) is 6.07 Å². The van der Waals surface area contributed by atoms with Gasteiger partial charge in [-0.2, -0.15) is 0 Å². The summed E-state index contributed by atoms with van der Waals surface area (Å²) in [5.74, 6) is 0.450. The zero-order valence-corrected chi connectivity index (χ0v) is 9.88. The molecule has 0 spiro atoms. The van der Waals surface area contributed by atoms with Crippen LogP contribution in [0.3, 0.4) is 0 Å². The van der Waals surface area contributed by atoms with Crippen LogP contribution >= 0.6 is 0 Å². The van der Waals surface area contributed by atoms with Crippen LogP contribution in [0.5, 0.6) is 0 Å². The van der Waals surface area contributed by atoms with E-state index in [4.69, 9.17) is 5.73 Å². The summed E-state index contributed by atoms with van der Waals surface area (Å²) in [6.07, 6.45) is 1.92. The molecule has 90 valence electrons. The topological polar surface area (TPSA) is 38.0 Å². The lowest BCUT2D eigenvalue weighted by molar-refractivity contribution is 0.488. The average molecular weight is 224 g/mol. The van der Waals surface area contributed by atoms with E-state index in [9.17, 15) is 4.39 Å². The highest BCUT2D eigenvalue weighted by molar-refractivity contribution is 5.16. The maximum absolute atomic E-state index is 12.9. The average Bonchev–Trinajstić information content (AvgIpc) is 2.25. The first-order chi connectivity index (χ1) is 7.72. The molecule has 0 radical (unpaired) electrons. The van der Waals surface area contributed by atoms with Crippen molar-refractivity contribution in [3.63, 3.8) is 0 Å². The quantitative estimate of drug-likeness (QED) is 0.695. The van der Waals surface area contributed by atoms with Crippen LogP contribution < -0.4 is 11.1 Å². The molecular formula is C13H21FN2. The minimum Gasteiger partial charge on any atom is -0.330 e. The van der Waals surface area contributed by atoms with Gasteiger partial charge in [-0.05, 0) is 56.1 Å². The smallest absolute Gasteiger partial charge is 0.123 e. The Morgan fingerprint density at radius 2 is 2.25 bits per heavy atom. The van der Waals surface area contributed by atoms with Gasteiger partial charge in [-0.15, -0.1) is 0 Å². The third kappa shape index (κ3) is 5.24. The van der Waals surface area contributed by atoms with Gasteiger partial charge in [0, 0.05) is 0 Å². The van der Waals surface area contributed by atoms with Crippen molar-refractivity contribution >= 4 is 0 Å². The molecule has 0 bridgehead atoms. The highest BCUT2D eigenvalue weighted by Crippen LogP contribution is 2.03. The van der Waals surface area contributed by atoms with Gasteiger partial charge in [0.05, 0.1) is 0 Å². The van der Waals surface area contributed by atoms with E-state index in [1.54, 1.807) is 12.1 Å². The lowest BCUT2D eigenvalue weighted by atomic mass is 10.1. The fraction of sp³-hybridized carbons (Fsp3) is 0.538. The fourth-order valence-electron chi connectivity index (χ4n) is 1.66. The van der Waals surface area contributed by atoms with E-state index < -0.39 is 0 Å². The van der Waals surface area contributed by atoms with Crippen LogP contribution in [0.1, 0.15) is 18.9 Å². The van der Waals surface area contributed by atoms with Gasteiger partial charge in [0.2, 0.25) is 0 Å². The number of halogens is 1. The van der Waals surface area contributed by atoms with Crippen LogP contribution in [0.4, 0.5) is 4.39 Å². The largest absolute Gasteiger partial charge is 0.330 e. The Kier molecular flexibility index (Phi) is 6.04. The molecule has 1 aromatic rings. The molecule has 16 heavy (non-hydrogen) atoms. The number of benzene rings is 1. The monoisotopic (exact) mass is 224 g/mol. The first kappa shape index (κ1) is 13.1. The molecule has 0 saturated heterocycles. The summed E-state index contributed by atoms with van der Waals surface area (Å²) in [6.45, 7) is 4.79. The highest BCUT2D eigenvalue weighted by Gasteiger charge is 2.00. The van der Waals surface area contributed by atoms with Crippen molar-refractivity contribution in [3.8, 4) is 0 Å². The van der Waals surface area contributed by atoms with Gasteiger partial charge in [-0.3, -0.25) is 0 Å². The molecular weight excluding hydrogens is 203 g/mol. The van der Waals surface area contributed by atoms with Crippen molar-refractivity contribution in [3.05, 3.63) is 35.6 Å². The number of nitrogens with two attached hydrogens (primary N) is 1. The van der Waals surface area contributed by atoms with Crippen LogP contribution in [0.25, 0.3) is 0 Å². The predicted octanol–water partition coefficient (Wildman–Crippen LogP) is 1.94. The Bertz CT molecular complexity index is 302. The molecule has 0 aliphatic rings. The molecule has 0 heterocycles. The van der Waals surface area contributed by atoms with Gasteiger partial charge in [-0.25, -0.2) is 4.39 Å². The normalized spacial score (nSPS) is 12.7. The Labute approximate surface area is 97.0 Å². The molecule has 2 nitrogen and oxygen atoms in total. The molecule has 0 amide bonds. The van der Waals surface area contributed by atoms with Crippen LogP contribution in [-0.4, -0.2) is 19.6 Å². The molecule has 1 aromatic carbocycles. The van der Waals surface area contributed by atoms with E-state index in [-0.39, 0.29) is 5.82 Å². The maximum atomic E-state index is 12.9. The highest BCUT2D eigenvalue weighted by atomic mass is 19.1. The Morgan fingerprint density at radius 1 is 1.44 bits per heavy atom. The minimum atomic E-state index is -0.158. The van der Waals surface area contributed by atoms with Gasteiger partial charge in [0.15, 0.2) is 0 Å². The molecule has 0 aromatic heterocycles. The zero-order chi connectivity index (χ0) is 11.8. The second kappa shape index (κ2) is 7.36. The molecule has 0 aliphatic heterocycles. The third-order valence-corrected chi connectivity index (χ3v) is 2.63. The van der Waals surface area contributed by atoms with Crippen molar-refractivity contribution in [2.75, 3.05) is 19.6 Å². The molecule has 0 saturated carbocycles. The van der Waals surface area contributed by atoms with Gasteiger partial charge >= 0.3 is 0 Å². The minimum absolute atomic E-state index is 0.158. The molecule has 0 aliphatic carbocycles. The lowest BCUT2D eigenvalue weighted by Gasteiger charge is -2.11. The molecule has 1 unspecified atom stereocenters. The van der Waals surface area contributed by atoms with E-state index in [2.05, 4.69) is 12.2 Å². The number of hydrogen-bond donors (Lipinski definition) is 2. The summed E-state index contributed by atoms with van der Waals surface area (Å²) in [5.41, 5.74) is 6.51. The number of hydrogen-bond acceptors (Lipinski definition) is 2. The Hall–Kier alpha value is -0.930. The van der Waals surface area contributed by atoms with Crippen LogP contribution in [0.15, 0.2) is 24.3 Å². The number of nitrogens with one attached hydrogen (secondary N) is 1. The van der Waals surface area contributed by atoms with Crippen LogP contribution in [0, 0.1) is 11.7 Å². The van der Waals surface area contributed by atoms with Crippen molar-refractivity contribution < 1.29 is 4.39 Å². The molecule has 1 atom stereocenters. The number of rotatable bonds is 7. The third-order valence-electron chi connectivity index (χ3n) is 2.63. The van der Waals surface area contributed by atoms with Crippen molar-refractivity contribution in [1.29, 1.82) is 0 Å². The molecule has 0 fully saturated rings. The van der Waals surface area contributed by atoms with Crippen molar-refractivity contribution in [2.45, 2.75) is 19.8 Å². The standard InChI is InChI=1S/C13H21FN2/c1-11(5-7-15)10-16-8-6-12-3-2-4-13(14)9-12/h2-4,9,11,16H,5-8,10,15H2,1H3. The first-order valence-corrected chi connectivity index (χ1v) is 5.87. The SMILES string of the molecule is CC(CCN)CNCCc1cccc(F)c1. The fourth-order valence-corrected chi connectivity index (χ4v) is 1.66. The predicted molar refractivity (Wildman–Crippen MR) is 65.8 cm³/mol. The maximum Gasteiger partial charge on any atom is 0.123 e. The summed E-state index contributed by atoms with van der Waals surface area (Å²) >= 11 is 0.